The van der Waals surface area contributed by atoms with Crippen LogP contribution in [0.3, 0.4) is 0 Å². The maximum Gasteiger partial charge on any atom is 0.416 e. The smallest absolute Gasteiger partial charge is 0.416 e. The molecule has 154 valence electrons. The molecule has 1 N–H and O–H groups in total. The molecule has 30 heavy (non-hydrogen) atoms. The van der Waals surface area contributed by atoms with Gasteiger partial charge in [-0.25, -0.2) is 14.8 Å². The number of ether oxygens (including phenoxy) is 1. The minimum Gasteiger partial charge on any atom is -0.441 e. The third-order valence-electron chi connectivity index (χ3n) is 5.89. The first-order chi connectivity index (χ1) is 14.7. The fourth-order valence-electron chi connectivity index (χ4n) is 4.20. The van der Waals surface area contributed by atoms with Gasteiger partial charge in [-0.1, -0.05) is 12.1 Å². The van der Waals surface area contributed by atoms with Crippen LogP contribution in [-0.4, -0.2) is 39.7 Å². The average molecular weight is 422 g/mol. The summed E-state index contributed by atoms with van der Waals surface area (Å²) in [5.41, 5.74) is 1.42. The molecule has 2 aliphatic rings. The highest BCUT2D eigenvalue weighted by atomic mass is 32.1. The van der Waals surface area contributed by atoms with Gasteiger partial charge in [0.25, 0.3) is 0 Å². The lowest BCUT2D eigenvalue weighted by molar-refractivity contribution is 0.0148. The zero-order valence-corrected chi connectivity index (χ0v) is 17.3. The number of carbonyl (C=O) groups excluding carboxylic acids is 1. The van der Waals surface area contributed by atoms with Gasteiger partial charge < -0.3 is 10.1 Å². The number of nitrogens with zero attached hydrogens (tertiary/aromatic N) is 4. The SMILES string of the molecule is O=C1O[C@]2(CC[C@H](CNc3nc(-c4ccccn4)cs3)CC2)CN1c1ccccn1. The first-order valence-corrected chi connectivity index (χ1v) is 11.1. The summed E-state index contributed by atoms with van der Waals surface area (Å²) in [7, 11) is 0. The standard InChI is InChI=1S/C22H23N5O2S/c28-21-27(19-6-2-4-12-24-19)15-22(29-21)9-7-16(8-10-22)13-25-20-26-18(14-30-20)17-5-1-3-11-23-17/h1-6,11-12,14,16H,7-10,13,15H2,(H,25,26)/t16-,22-. The molecule has 0 aromatic carbocycles. The van der Waals surface area contributed by atoms with Crippen molar-refractivity contribution >= 4 is 28.4 Å². The van der Waals surface area contributed by atoms with Gasteiger partial charge in [-0.05, 0) is 55.9 Å². The van der Waals surface area contributed by atoms with Crippen molar-refractivity contribution in [2.75, 3.05) is 23.3 Å². The Labute approximate surface area is 179 Å². The number of hydrogen-bond donors (Lipinski definition) is 1. The van der Waals surface area contributed by atoms with Crippen molar-refractivity contribution in [3.05, 3.63) is 54.2 Å². The van der Waals surface area contributed by atoms with Crippen molar-refractivity contribution in [3.8, 4) is 11.4 Å². The number of rotatable bonds is 5. The fourth-order valence-corrected chi connectivity index (χ4v) is 4.91. The van der Waals surface area contributed by atoms with Crippen LogP contribution in [0.25, 0.3) is 11.4 Å². The summed E-state index contributed by atoms with van der Waals surface area (Å²) in [5, 5.41) is 6.43. The summed E-state index contributed by atoms with van der Waals surface area (Å²) in [4.78, 5) is 27.4. The van der Waals surface area contributed by atoms with Crippen LogP contribution in [0.1, 0.15) is 25.7 Å². The predicted molar refractivity (Wildman–Crippen MR) is 117 cm³/mol. The maximum atomic E-state index is 12.4. The first-order valence-electron chi connectivity index (χ1n) is 10.2. The lowest BCUT2D eigenvalue weighted by Crippen LogP contribution is -2.39. The highest BCUT2D eigenvalue weighted by Gasteiger charge is 2.47. The maximum absolute atomic E-state index is 12.4. The molecule has 8 heteroatoms. The fraction of sp³-hybridized carbons (Fsp3) is 0.364. The van der Waals surface area contributed by atoms with Gasteiger partial charge in [-0.2, -0.15) is 0 Å². The Morgan fingerprint density at radius 2 is 1.90 bits per heavy atom. The Hall–Kier alpha value is -3.00. The van der Waals surface area contributed by atoms with Crippen molar-refractivity contribution in [3.63, 3.8) is 0 Å². The van der Waals surface area contributed by atoms with Crippen LogP contribution in [0.5, 0.6) is 0 Å². The number of nitrogens with one attached hydrogen (secondary N) is 1. The van der Waals surface area contributed by atoms with E-state index in [9.17, 15) is 4.79 Å². The molecular formula is C22H23N5O2S. The van der Waals surface area contributed by atoms with Crippen LogP contribution >= 0.6 is 11.3 Å². The molecule has 1 saturated heterocycles. The van der Waals surface area contributed by atoms with E-state index in [0.717, 1.165) is 48.7 Å². The molecular weight excluding hydrogens is 398 g/mol. The number of thiazole rings is 1. The van der Waals surface area contributed by atoms with Gasteiger partial charge in [0.05, 0.1) is 12.2 Å². The quantitative estimate of drug-likeness (QED) is 0.649. The Morgan fingerprint density at radius 1 is 1.10 bits per heavy atom. The molecule has 1 spiro atoms. The monoisotopic (exact) mass is 421 g/mol. The van der Waals surface area contributed by atoms with E-state index in [4.69, 9.17) is 4.74 Å². The molecule has 2 fully saturated rings. The highest BCUT2D eigenvalue weighted by Crippen LogP contribution is 2.40. The molecule has 1 amide bonds. The van der Waals surface area contributed by atoms with Crippen LogP contribution in [0.4, 0.5) is 15.7 Å². The second-order valence-corrected chi connectivity index (χ2v) is 8.76. The number of aromatic nitrogens is 3. The van der Waals surface area contributed by atoms with Gasteiger partial charge in [0.1, 0.15) is 17.1 Å². The lowest BCUT2D eigenvalue weighted by Gasteiger charge is -2.35. The van der Waals surface area contributed by atoms with Crippen molar-refractivity contribution < 1.29 is 9.53 Å². The van der Waals surface area contributed by atoms with E-state index < -0.39 is 0 Å². The molecule has 7 nitrogen and oxygen atoms in total. The van der Waals surface area contributed by atoms with E-state index >= 15 is 0 Å². The van der Waals surface area contributed by atoms with E-state index in [-0.39, 0.29) is 11.7 Å². The molecule has 3 aromatic rings. The molecule has 4 heterocycles. The summed E-state index contributed by atoms with van der Waals surface area (Å²) in [6.07, 6.45) is 7.01. The summed E-state index contributed by atoms with van der Waals surface area (Å²) in [5.74, 6) is 1.20. The predicted octanol–water partition coefficient (Wildman–Crippen LogP) is 4.60. The zero-order valence-electron chi connectivity index (χ0n) is 16.5. The highest BCUT2D eigenvalue weighted by molar-refractivity contribution is 7.14. The van der Waals surface area contributed by atoms with E-state index in [1.54, 1.807) is 28.6 Å². The van der Waals surface area contributed by atoms with Crippen LogP contribution in [0.2, 0.25) is 0 Å². The van der Waals surface area contributed by atoms with Gasteiger partial charge >= 0.3 is 6.09 Å². The second kappa shape index (κ2) is 8.02. The number of anilines is 2. The minimum atomic E-state index is -0.377. The molecule has 5 rings (SSSR count). The van der Waals surface area contributed by atoms with Crippen LogP contribution in [0.15, 0.2) is 54.2 Å². The molecule has 0 bridgehead atoms. The van der Waals surface area contributed by atoms with Crippen LogP contribution in [0, 0.1) is 5.92 Å². The molecule has 1 saturated carbocycles. The Bertz CT molecular complexity index is 1000. The summed E-state index contributed by atoms with van der Waals surface area (Å²) in [6.45, 7) is 1.46. The largest absolute Gasteiger partial charge is 0.441 e. The third-order valence-corrected chi connectivity index (χ3v) is 6.69. The number of carbonyl (C=O) groups is 1. The molecule has 1 aliphatic heterocycles. The van der Waals surface area contributed by atoms with Gasteiger partial charge in [0.15, 0.2) is 5.13 Å². The van der Waals surface area contributed by atoms with E-state index in [1.807, 2.05) is 41.8 Å². The van der Waals surface area contributed by atoms with Crippen molar-refractivity contribution in [2.24, 2.45) is 5.92 Å². The van der Waals surface area contributed by atoms with Crippen molar-refractivity contribution in [1.82, 2.24) is 15.0 Å². The summed E-state index contributed by atoms with van der Waals surface area (Å²) < 4.78 is 5.83. The summed E-state index contributed by atoms with van der Waals surface area (Å²) >= 11 is 1.60. The minimum absolute atomic E-state index is 0.282. The zero-order chi connectivity index (χ0) is 20.4. The van der Waals surface area contributed by atoms with Crippen molar-refractivity contribution in [2.45, 2.75) is 31.3 Å². The first kappa shape index (κ1) is 19.0. The van der Waals surface area contributed by atoms with E-state index in [0.29, 0.717) is 18.3 Å². The number of pyridine rings is 2. The molecule has 0 unspecified atom stereocenters. The lowest BCUT2D eigenvalue weighted by atomic mass is 9.78. The Balaban J connectivity index is 1.15. The van der Waals surface area contributed by atoms with Gasteiger partial charge in [-0.15, -0.1) is 11.3 Å². The topological polar surface area (TPSA) is 80.2 Å². The Morgan fingerprint density at radius 3 is 2.63 bits per heavy atom. The Kier molecular flexibility index (Phi) is 5.08. The van der Waals surface area contributed by atoms with E-state index in [2.05, 4.69) is 20.3 Å². The average Bonchev–Trinajstić information content (AvgIpc) is 3.39. The second-order valence-electron chi connectivity index (χ2n) is 7.90. The van der Waals surface area contributed by atoms with Crippen LogP contribution < -0.4 is 10.2 Å². The molecule has 0 atom stereocenters. The van der Waals surface area contributed by atoms with E-state index in [1.165, 1.54) is 0 Å². The summed E-state index contributed by atoms with van der Waals surface area (Å²) in [6, 6.07) is 11.4. The van der Waals surface area contributed by atoms with Crippen molar-refractivity contribution in [1.29, 1.82) is 0 Å². The molecule has 3 aromatic heterocycles. The van der Waals surface area contributed by atoms with Gasteiger partial charge in [0, 0.05) is 24.3 Å². The van der Waals surface area contributed by atoms with Crippen LogP contribution in [-0.2, 0) is 4.74 Å². The number of hydrogen-bond acceptors (Lipinski definition) is 7. The third kappa shape index (κ3) is 3.87. The van der Waals surface area contributed by atoms with Gasteiger partial charge in [-0.3, -0.25) is 9.88 Å². The van der Waals surface area contributed by atoms with Gasteiger partial charge in [0.2, 0.25) is 0 Å². The normalized spacial score (nSPS) is 23.5. The molecule has 0 radical (unpaired) electrons. The number of amides is 1. The molecule has 1 aliphatic carbocycles.